The monoisotopic (exact) mass is 568 g/mol. The second-order valence-electron chi connectivity index (χ2n) is 11.9. The molecule has 0 saturated carbocycles. The number of nitrogens with one attached hydrogen (secondary N) is 2. The van der Waals surface area contributed by atoms with Crippen LogP contribution in [0.2, 0.25) is 0 Å². The Hall–Kier alpha value is -5.32. The summed E-state index contributed by atoms with van der Waals surface area (Å²) in [6.07, 6.45) is 7.22. The van der Waals surface area contributed by atoms with E-state index in [9.17, 15) is 0 Å². The molecule has 5 aromatic carbocycles. The third-order valence-electron chi connectivity index (χ3n) is 9.39. The van der Waals surface area contributed by atoms with Crippen LogP contribution in [0.3, 0.4) is 0 Å². The zero-order valence-electron chi connectivity index (χ0n) is 24.2. The van der Waals surface area contributed by atoms with Gasteiger partial charge in [-0.2, -0.15) is 0 Å². The normalized spacial score (nSPS) is 21.7. The fraction of sp³-hybridized carbons (Fsp3) is 0.100. The molecular weight excluding hydrogens is 536 g/mol. The molecule has 9 rings (SSSR count). The molecule has 0 saturated heterocycles. The van der Waals surface area contributed by atoms with Crippen LogP contribution in [0.4, 0.5) is 5.69 Å². The number of rotatable bonds is 4. The zero-order valence-corrected chi connectivity index (χ0v) is 24.2. The van der Waals surface area contributed by atoms with Gasteiger partial charge in [0.05, 0.1) is 22.9 Å². The van der Waals surface area contributed by atoms with E-state index in [1.165, 1.54) is 49.5 Å². The minimum atomic E-state index is -0.127. The van der Waals surface area contributed by atoms with Crippen LogP contribution in [0.15, 0.2) is 146 Å². The predicted molar refractivity (Wildman–Crippen MR) is 181 cm³/mol. The molecule has 0 fully saturated rings. The predicted octanol–water partition coefficient (Wildman–Crippen LogP) is 6.44. The maximum absolute atomic E-state index is 3.98. The molecule has 1 aliphatic carbocycles. The van der Waals surface area contributed by atoms with E-state index in [4.69, 9.17) is 0 Å². The zero-order chi connectivity index (χ0) is 29.0. The standard InChI is InChI=1S/C40H32N4/c1-4-14-27(15-5-1)34-25-35(28-16-6-2-7-17-28)42-40(41-34)44-37-23-13-11-21-31(37)33-24-32-30-20-10-12-22-36(30)43(38(32)26-39(33)44)29-18-8-3-9-19-29/h1-26,33-34,39-42H. The van der Waals surface area contributed by atoms with Crippen LogP contribution in [0, 0.1) is 0 Å². The van der Waals surface area contributed by atoms with E-state index < -0.39 is 0 Å². The van der Waals surface area contributed by atoms with Gasteiger partial charge >= 0.3 is 0 Å². The lowest BCUT2D eigenvalue weighted by atomic mass is 9.90. The molecule has 4 nitrogen and oxygen atoms in total. The summed E-state index contributed by atoms with van der Waals surface area (Å²) in [7, 11) is 0. The number of fused-ring (bicyclic) bond motifs is 6. The van der Waals surface area contributed by atoms with Crippen molar-refractivity contribution in [1.29, 1.82) is 0 Å². The van der Waals surface area contributed by atoms with Crippen molar-refractivity contribution in [2.24, 2.45) is 0 Å². The maximum atomic E-state index is 3.98. The summed E-state index contributed by atoms with van der Waals surface area (Å²) in [6.45, 7) is 0. The lowest BCUT2D eigenvalue weighted by Crippen LogP contribution is -2.60. The van der Waals surface area contributed by atoms with Gasteiger partial charge in [0, 0.05) is 33.6 Å². The number of para-hydroxylation sites is 3. The molecule has 3 heterocycles. The first kappa shape index (κ1) is 25.2. The lowest BCUT2D eigenvalue weighted by Gasteiger charge is -2.42. The highest BCUT2D eigenvalue weighted by Gasteiger charge is 2.42. The molecule has 1 aromatic heterocycles. The van der Waals surface area contributed by atoms with Gasteiger partial charge in [-0.05, 0) is 53.1 Å². The summed E-state index contributed by atoms with van der Waals surface area (Å²) in [5, 5.41) is 11.8. The van der Waals surface area contributed by atoms with Gasteiger partial charge in [0.15, 0.2) is 6.29 Å². The first-order valence-corrected chi connectivity index (χ1v) is 15.4. The Labute approximate surface area is 256 Å². The van der Waals surface area contributed by atoms with E-state index in [0.29, 0.717) is 0 Å². The van der Waals surface area contributed by atoms with Gasteiger partial charge in [0.2, 0.25) is 0 Å². The molecule has 0 bridgehead atoms. The fourth-order valence-electron chi connectivity index (χ4n) is 7.45. The van der Waals surface area contributed by atoms with E-state index in [0.717, 1.165) is 5.70 Å². The van der Waals surface area contributed by atoms with Gasteiger partial charge in [-0.25, -0.2) is 0 Å². The molecular formula is C40H32N4. The Balaban J connectivity index is 1.23. The van der Waals surface area contributed by atoms with Crippen LogP contribution in [-0.4, -0.2) is 16.9 Å². The largest absolute Gasteiger partial charge is 0.353 e. The highest BCUT2D eigenvalue weighted by molar-refractivity contribution is 5.87. The Kier molecular flexibility index (Phi) is 5.81. The highest BCUT2D eigenvalue weighted by Crippen LogP contribution is 2.45. The first-order chi connectivity index (χ1) is 21.8. The Morgan fingerprint density at radius 1 is 0.591 bits per heavy atom. The van der Waals surface area contributed by atoms with Gasteiger partial charge in [-0.3, -0.25) is 5.32 Å². The van der Waals surface area contributed by atoms with Crippen molar-refractivity contribution in [3.8, 4) is 5.69 Å². The molecule has 2 N–H and O–H groups in total. The van der Waals surface area contributed by atoms with E-state index in [-0.39, 0.29) is 24.3 Å². The first-order valence-electron chi connectivity index (χ1n) is 15.4. The van der Waals surface area contributed by atoms with Gasteiger partial charge in [-0.1, -0.05) is 121 Å². The Morgan fingerprint density at radius 2 is 1.27 bits per heavy atom. The van der Waals surface area contributed by atoms with E-state index >= 15 is 0 Å². The van der Waals surface area contributed by atoms with Crippen LogP contribution in [0.5, 0.6) is 0 Å². The molecule has 4 unspecified atom stereocenters. The quantitative estimate of drug-likeness (QED) is 0.257. The summed E-state index contributed by atoms with van der Waals surface area (Å²) >= 11 is 0. The van der Waals surface area contributed by atoms with Gasteiger partial charge in [0.1, 0.15) is 0 Å². The average Bonchev–Trinajstić information content (AvgIpc) is 3.60. The van der Waals surface area contributed by atoms with Crippen LogP contribution < -0.4 is 26.1 Å². The highest BCUT2D eigenvalue weighted by atomic mass is 15.4. The number of hydrogen-bond acceptors (Lipinski definition) is 3. The third-order valence-corrected chi connectivity index (χ3v) is 9.39. The van der Waals surface area contributed by atoms with Crippen LogP contribution in [0.25, 0.3) is 34.4 Å². The molecule has 212 valence electrons. The van der Waals surface area contributed by atoms with Crippen molar-refractivity contribution in [3.05, 3.63) is 173 Å². The maximum Gasteiger partial charge on any atom is 0.156 e. The van der Waals surface area contributed by atoms with Crippen molar-refractivity contribution >= 4 is 34.4 Å². The minimum absolute atomic E-state index is 0.0581. The Morgan fingerprint density at radius 3 is 2.09 bits per heavy atom. The number of aromatic nitrogens is 1. The molecule has 0 amide bonds. The SMILES string of the molecule is C1=C(c2ccccc2)NC(N2c3ccccc3C3C=c4c(n(-c5ccccc5)c5ccccc45)=CC32)NC1c1ccccc1. The molecule has 3 aliphatic rings. The summed E-state index contributed by atoms with van der Waals surface area (Å²) in [5.41, 5.74) is 8.64. The van der Waals surface area contributed by atoms with Crippen molar-refractivity contribution in [3.63, 3.8) is 0 Å². The van der Waals surface area contributed by atoms with E-state index in [1.54, 1.807) is 0 Å². The van der Waals surface area contributed by atoms with Crippen molar-refractivity contribution < 1.29 is 0 Å². The van der Waals surface area contributed by atoms with Gasteiger partial charge in [-0.15, -0.1) is 0 Å². The van der Waals surface area contributed by atoms with Crippen LogP contribution in [0.1, 0.15) is 28.7 Å². The number of nitrogens with zero attached hydrogens (tertiary/aromatic N) is 2. The van der Waals surface area contributed by atoms with Crippen LogP contribution in [-0.2, 0) is 0 Å². The summed E-state index contributed by atoms with van der Waals surface area (Å²) in [4.78, 5) is 2.57. The molecule has 4 heteroatoms. The molecule has 0 spiro atoms. The topological polar surface area (TPSA) is 32.2 Å². The number of benzene rings is 5. The van der Waals surface area contributed by atoms with Gasteiger partial charge in [0.25, 0.3) is 0 Å². The minimum Gasteiger partial charge on any atom is -0.353 e. The van der Waals surface area contributed by atoms with E-state index in [1.807, 2.05) is 0 Å². The average molecular weight is 569 g/mol. The second-order valence-corrected chi connectivity index (χ2v) is 11.9. The van der Waals surface area contributed by atoms with Crippen molar-refractivity contribution in [1.82, 2.24) is 15.2 Å². The lowest BCUT2D eigenvalue weighted by molar-refractivity contribution is 0.399. The third kappa shape index (κ3) is 3.95. The Bertz CT molecular complexity index is 2150. The molecule has 2 aliphatic heterocycles. The van der Waals surface area contributed by atoms with Crippen molar-refractivity contribution in [2.45, 2.75) is 24.3 Å². The summed E-state index contributed by atoms with van der Waals surface area (Å²) in [5.74, 6) is 0.235. The molecule has 4 atom stereocenters. The molecule has 6 aromatic rings. The van der Waals surface area contributed by atoms with Crippen LogP contribution >= 0.6 is 0 Å². The fourth-order valence-corrected chi connectivity index (χ4v) is 7.45. The smallest absolute Gasteiger partial charge is 0.156 e. The molecule has 0 radical (unpaired) electrons. The number of hydrogen-bond donors (Lipinski definition) is 2. The molecule has 44 heavy (non-hydrogen) atoms. The second kappa shape index (κ2) is 10.1. The van der Waals surface area contributed by atoms with E-state index in [2.05, 4.69) is 178 Å². The number of anilines is 1. The summed E-state index contributed by atoms with van der Waals surface area (Å²) in [6, 6.07) is 50.1. The van der Waals surface area contributed by atoms with Gasteiger partial charge < -0.3 is 14.8 Å². The summed E-state index contributed by atoms with van der Waals surface area (Å²) < 4.78 is 2.43. The van der Waals surface area contributed by atoms with Crippen molar-refractivity contribution in [2.75, 3.05) is 4.90 Å².